The number of para-hydroxylation sites is 1. The van der Waals surface area contributed by atoms with Gasteiger partial charge in [0.2, 0.25) is 15.9 Å². The zero-order valence-electron chi connectivity index (χ0n) is 18.4. The van der Waals surface area contributed by atoms with Crippen LogP contribution in [0.25, 0.3) is 10.2 Å². The van der Waals surface area contributed by atoms with Crippen molar-refractivity contribution in [3.63, 3.8) is 0 Å². The summed E-state index contributed by atoms with van der Waals surface area (Å²) in [6.07, 6.45) is 4.51. The molecule has 0 radical (unpaired) electrons. The average Bonchev–Trinajstić information content (AvgIpc) is 3.40. The van der Waals surface area contributed by atoms with Gasteiger partial charge in [-0.2, -0.15) is 0 Å². The Balaban J connectivity index is 1.66. The summed E-state index contributed by atoms with van der Waals surface area (Å²) in [6, 6.07) is 6.17. The molecular weight excluding hydrogens is 434 g/mol. The van der Waals surface area contributed by atoms with Crippen molar-refractivity contribution in [1.29, 1.82) is 0 Å². The first-order valence-electron chi connectivity index (χ1n) is 11.0. The van der Waals surface area contributed by atoms with Crippen LogP contribution in [0.15, 0.2) is 18.2 Å². The van der Waals surface area contributed by atoms with Crippen LogP contribution >= 0.6 is 11.3 Å². The molecule has 9 heteroatoms. The summed E-state index contributed by atoms with van der Waals surface area (Å²) in [5, 5.41) is 0.681. The summed E-state index contributed by atoms with van der Waals surface area (Å²) in [5.41, 5.74) is 2.12. The highest BCUT2D eigenvalue weighted by molar-refractivity contribution is 7.88. The van der Waals surface area contributed by atoms with Crippen LogP contribution in [0.1, 0.15) is 51.0 Å². The van der Waals surface area contributed by atoms with Crippen LogP contribution in [0, 0.1) is 5.92 Å². The van der Waals surface area contributed by atoms with Crippen molar-refractivity contribution in [1.82, 2.24) is 9.29 Å². The molecule has 7 nitrogen and oxygen atoms in total. The molecule has 31 heavy (non-hydrogen) atoms. The predicted molar refractivity (Wildman–Crippen MR) is 124 cm³/mol. The number of ether oxygens (including phenoxy) is 1. The van der Waals surface area contributed by atoms with Crippen LogP contribution < -0.4 is 4.90 Å². The van der Waals surface area contributed by atoms with E-state index < -0.39 is 10.0 Å². The summed E-state index contributed by atoms with van der Waals surface area (Å²) >= 11 is 1.53. The topological polar surface area (TPSA) is 79.8 Å². The first kappa shape index (κ1) is 22.6. The van der Waals surface area contributed by atoms with E-state index in [9.17, 15) is 13.2 Å². The van der Waals surface area contributed by atoms with Crippen molar-refractivity contribution in [2.75, 3.05) is 37.4 Å². The van der Waals surface area contributed by atoms with Crippen LogP contribution in [-0.2, 0) is 19.6 Å². The lowest BCUT2D eigenvalue weighted by Gasteiger charge is -2.33. The lowest BCUT2D eigenvalue weighted by Crippen LogP contribution is -2.48. The van der Waals surface area contributed by atoms with E-state index in [1.165, 1.54) is 27.5 Å². The van der Waals surface area contributed by atoms with Gasteiger partial charge in [0.15, 0.2) is 5.13 Å². The minimum Gasteiger partial charge on any atom is -0.376 e. The molecule has 170 valence electrons. The summed E-state index contributed by atoms with van der Waals surface area (Å²) in [4.78, 5) is 20.3. The largest absolute Gasteiger partial charge is 0.376 e. The minimum atomic E-state index is -3.32. The van der Waals surface area contributed by atoms with Gasteiger partial charge in [-0.1, -0.05) is 37.3 Å². The minimum absolute atomic E-state index is 0.00451. The van der Waals surface area contributed by atoms with E-state index in [2.05, 4.69) is 19.9 Å². The molecule has 2 saturated heterocycles. The number of fused-ring (bicyclic) bond motifs is 1. The highest BCUT2D eigenvalue weighted by Gasteiger charge is 2.35. The number of sulfonamides is 1. The summed E-state index contributed by atoms with van der Waals surface area (Å²) < 4.78 is 32.4. The predicted octanol–water partition coefficient (Wildman–Crippen LogP) is 3.60. The molecule has 1 aromatic carbocycles. The van der Waals surface area contributed by atoms with Crippen molar-refractivity contribution in [3.8, 4) is 0 Å². The molecule has 2 aromatic rings. The Morgan fingerprint density at radius 1 is 1.32 bits per heavy atom. The molecule has 0 spiro atoms. The molecule has 2 unspecified atom stereocenters. The number of piperidine rings is 1. The van der Waals surface area contributed by atoms with Crippen LogP contribution in [0.2, 0.25) is 0 Å². The fraction of sp³-hybridized carbons (Fsp3) is 0.636. The van der Waals surface area contributed by atoms with Crippen LogP contribution in [0.3, 0.4) is 0 Å². The van der Waals surface area contributed by atoms with E-state index in [0.29, 0.717) is 37.0 Å². The van der Waals surface area contributed by atoms with Gasteiger partial charge in [0.25, 0.3) is 0 Å². The maximum Gasteiger partial charge on any atom is 0.233 e. The Morgan fingerprint density at radius 3 is 2.81 bits per heavy atom. The van der Waals surface area contributed by atoms with Gasteiger partial charge in [-0.15, -0.1) is 0 Å². The highest BCUT2D eigenvalue weighted by Crippen LogP contribution is 2.35. The third kappa shape index (κ3) is 4.94. The zero-order valence-corrected chi connectivity index (χ0v) is 20.0. The molecule has 0 bridgehead atoms. The van der Waals surface area contributed by atoms with E-state index in [0.717, 1.165) is 29.7 Å². The van der Waals surface area contributed by atoms with Gasteiger partial charge < -0.3 is 4.74 Å². The molecule has 0 aliphatic carbocycles. The monoisotopic (exact) mass is 465 g/mol. The Morgan fingerprint density at radius 2 is 2.13 bits per heavy atom. The number of carbonyl (C=O) groups is 1. The normalized spacial score (nSPS) is 23.0. The van der Waals surface area contributed by atoms with Crippen molar-refractivity contribution in [3.05, 3.63) is 23.8 Å². The fourth-order valence-electron chi connectivity index (χ4n) is 4.46. The first-order chi connectivity index (χ1) is 14.7. The number of hydrogen-bond acceptors (Lipinski definition) is 6. The molecule has 2 aliphatic heterocycles. The Labute approximate surface area is 188 Å². The molecule has 4 rings (SSSR count). The molecule has 3 heterocycles. The van der Waals surface area contributed by atoms with E-state index in [1.54, 1.807) is 4.90 Å². The quantitative estimate of drug-likeness (QED) is 0.651. The Bertz CT molecular complexity index is 1040. The van der Waals surface area contributed by atoms with Gasteiger partial charge in [-0.25, -0.2) is 17.7 Å². The smallest absolute Gasteiger partial charge is 0.233 e. The standard InChI is InChI=1S/C22H31N3O4S2/c1-15(2)18-9-4-10-19-20(18)23-22(30-19)25(14-17-8-6-12-29-17)21(26)16-7-5-11-24(13-16)31(3,27)28/h4,9-10,15-17H,5-8,11-14H2,1-3H3. The third-order valence-electron chi connectivity index (χ3n) is 6.17. The number of rotatable bonds is 6. The van der Waals surface area contributed by atoms with Crippen molar-refractivity contribution >= 4 is 42.6 Å². The lowest BCUT2D eigenvalue weighted by molar-refractivity contribution is -0.123. The number of aromatic nitrogens is 1. The van der Waals surface area contributed by atoms with E-state index in [4.69, 9.17) is 9.72 Å². The van der Waals surface area contributed by atoms with Crippen molar-refractivity contribution in [2.45, 2.75) is 51.6 Å². The van der Waals surface area contributed by atoms with Crippen LogP contribution in [0.4, 0.5) is 5.13 Å². The number of thiazole rings is 1. The fourth-order valence-corrected chi connectivity index (χ4v) is 6.39. The van der Waals surface area contributed by atoms with E-state index >= 15 is 0 Å². The average molecular weight is 466 g/mol. The lowest BCUT2D eigenvalue weighted by atomic mass is 9.98. The van der Waals surface area contributed by atoms with Gasteiger partial charge in [0, 0.05) is 19.7 Å². The number of anilines is 1. The molecule has 1 amide bonds. The molecule has 2 atom stereocenters. The number of carbonyl (C=O) groups excluding carboxylic acids is 1. The second kappa shape index (κ2) is 9.13. The third-order valence-corrected chi connectivity index (χ3v) is 8.48. The molecular formula is C22H31N3O4S2. The van der Waals surface area contributed by atoms with Crippen LogP contribution in [-0.4, -0.2) is 62.2 Å². The maximum absolute atomic E-state index is 13.7. The SMILES string of the molecule is CC(C)c1cccc2sc(N(CC3CCCO3)C(=O)C3CCCN(S(C)(=O)=O)C3)nc12. The second-order valence-corrected chi connectivity index (χ2v) is 11.9. The van der Waals surface area contributed by atoms with Gasteiger partial charge in [-0.3, -0.25) is 9.69 Å². The Kier molecular flexibility index (Phi) is 6.67. The summed E-state index contributed by atoms with van der Waals surface area (Å²) in [6.45, 7) is 6.19. The number of nitrogens with zero attached hydrogens (tertiary/aromatic N) is 3. The molecule has 2 fully saturated rings. The number of benzene rings is 1. The van der Waals surface area contributed by atoms with Crippen LogP contribution in [0.5, 0.6) is 0 Å². The van der Waals surface area contributed by atoms with E-state index in [-0.39, 0.29) is 24.5 Å². The van der Waals surface area contributed by atoms with Gasteiger partial charge in [0.1, 0.15) is 0 Å². The number of hydrogen-bond donors (Lipinski definition) is 0. The van der Waals surface area contributed by atoms with Gasteiger partial charge >= 0.3 is 0 Å². The van der Waals surface area contributed by atoms with Crippen molar-refractivity contribution in [2.24, 2.45) is 5.92 Å². The van der Waals surface area contributed by atoms with Gasteiger partial charge in [-0.05, 0) is 43.2 Å². The molecule has 0 N–H and O–H groups in total. The number of amides is 1. The first-order valence-corrected chi connectivity index (χ1v) is 13.7. The van der Waals surface area contributed by atoms with Gasteiger partial charge in [0.05, 0.1) is 35.0 Å². The molecule has 0 saturated carbocycles. The maximum atomic E-state index is 13.7. The zero-order chi connectivity index (χ0) is 22.2. The summed E-state index contributed by atoms with van der Waals surface area (Å²) in [5.74, 6) is -0.0712. The highest BCUT2D eigenvalue weighted by atomic mass is 32.2. The second-order valence-electron chi connectivity index (χ2n) is 8.89. The molecule has 1 aromatic heterocycles. The van der Waals surface area contributed by atoms with E-state index in [1.807, 2.05) is 12.1 Å². The summed E-state index contributed by atoms with van der Waals surface area (Å²) in [7, 11) is -3.32. The Hall–Kier alpha value is -1.55. The van der Waals surface area contributed by atoms with Crippen molar-refractivity contribution < 1.29 is 17.9 Å². The molecule has 2 aliphatic rings.